The van der Waals surface area contributed by atoms with Crippen LogP contribution in [-0.4, -0.2) is 23.5 Å². The SMILES string of the molecule is O=C(O)Cc1ccccc1N1CC2CC2C1=O. The number of piperidine rings is 1. The van der Waals surface area contributed by atoms with E-state index in [0.29, 0.717) is 5.92 Å². The number of benzene rings is 1. The van der Waals surface area contributed by atoms with Crippen molar-refractivity contribution in [1.29, 1.82) is 0 Å². The Kier molecular flexibility index (Phi) is 2.18. The Labute approximate surface area is 98.9 Å². The molecule has 0 bridgehead atoms. The number of hydrogen-bond acceptors (Lipinski definition) is 2. The molecule has 1 saturated heterocycles. The molecule has 88 valence electrons. The molecule has 1 aliphatic heterocycles. The lowest BCUT2D eigenvalue weighted by atomic mass is 10.1. The summed E-state index contributed by atoms with van der Waals surface area (Å²) < 4.78 is 0. The molecule has 1 aliphatic carbocycles. The summed E-state index contributed by atoms with van der Waals surface area (Å²) in [5, 5.41) is 8.86. The molecule has 1 amide bonds. The third-order valence-corrected chi connectivity index (χ3v) is 3.55. The summed E-state index contributed by atoms with van der Waals surface area (Å²) in [5.74, 6) is -0.00429. The molecule has 17 heavy (non-hydrogen) atoms. The van der Waals surface area contributed by atoms with Crippen LogP contribution in [0.3, 0.4) is 0 Å². The van der Waals surface area contributed by atoms with Gasteiger partial charge in [0.1, 0.15) is 0 Å². The average Bonchev–Trinajstić information content (AvgIpc) is 2.98. The molecule has 4 heteroatoms. The zero-order chi connectivity index (χ0) is 12.0. The number of hydrogen-bond donors (Lipinski definition) is 1. The normalized spacial score (nSPS) is 25.9. The van der Waals surface area contributed by atoms with Crippen molar-refractivity contribution in [3.8, 4) is 0 Å². The van der Waals surface area contributed by atoms with Crippen LogP contribution in [0.1, 0.15) is 12.0 Å². The summed E-state index contributed by atoms with van der Waals surface area (Å²) >= 11 is 0. The second-order valence-corrected chi connectivity index (χ2v) is 4.75. The Balaban J connectivity index is 1.92. The van der Waals surface area contributed by atoms with Crippen LogP contribution in [0.25, 0.3) is 0 Å². The molecule has 1 aromatic rings. The molecule has 1 heterocycles. The van der Waals surface area contributed by atoms with Gasteiger partial charge in [0.2, 0.25) is 5.91 Å². The highest BCUT2D eigenvalue weighted by atomic mass is 16.4. The zero-order valence-electron chi connectivity index (χ0n) is 9.30. The van der Waals surface area contributed by atoms with Gasteiger partial charge in [-0.1, -0.05) is 18.2 Å². The summed E-state index contributed by atoms with van der Waals surface area (Å²) in [7, 11) is 0. The van der Waals surface area contributed by atoms with Gasteiger partial charge < -0.3 is 10.0 Å². The Morgan fingerprint density at radius 2 is 2.18 bits per heavy atom. The van der Waals surface area contributed by atoms with Gasteiger partial charge in [-0.25, -0.2) is 0 Å². The lowest BCUT2D eigenvalue weighted by Crippen LogP contribution is -2.29. The second-order valence-electron chi connectivity index (χ2n) is 4.75. The summed E-state index contributed by atoms with van der Waals surface area (Å²) in [4.78, 5) is 24.5. The van der Waals surface area contributed by atoms with Crippen LogP contribution < -0.4 is 4.90 Å². The third-order valence-electron chi connectivity index (χ3n) is 3.55. The van der Waals surface area contributed by atoms with Gasteiger partial charge in [-0.15, -0.1) is 0 Å². The molecule has 2 aliphatic rings. The van der Waals surface area contributed by atoms with Crippen LogP contribution in [0.5, 0.6) is 0 Å². The Morgan fingerprint density at radius 1 is 1.41 bits per heavy atom. The van der Waals surface area contributed by atoms with Gasteiger partial charge in [0, 0.05) is 18.2 Å². The molecule has 1 aromatic carbocycles. The molecule has 0 spiro atoms. The van der Waals surface area contributed by atoms with Crippen LogP contribution in [0.2, 0.25) is 0 Å². The van der Waals surface area contributed by atoms with Crippen molar-refractivity contribution < 1.29 is 14.7 Å². The molecule has 3 rings (SSSR count). The van der Waals surface area contributed by atoms with Crippen molar-refractivity contribution in [2.45, 2.75) is 12.8 Å². The van der Waals surface area contributed by atoms with Gasteiger partial charge >= 0.3 is 5.97 Å². The number of nitrogens with zero attached hydrogens (tertiary/aromatic N) is 1. The summed E-state index contributed by atoms with van der Waals surface area (Å²) in [5.41, 5.74) is 1.49. The highest BCUT2D eigenvalue weighted by Gasteiger charge is 2.52. The lowest BCUT2D eigenvalue weighted by molar-refractivity contribution is -0.136. The molecular weight excluding hydrogens is 218 g/mol. The molecule has 2 fully saturated rings. The predicted molar refractivity (Wildman–Crippen MR) is 61.7 cm³/mol. The maximum atomic E-state index is 12.0. The van der Waals surface area contributed by atoms with Gasteiger partial charge in [-0.3, -0.25) is 9.59 Å². The minimum atomic E-state index is -0.866. The van der Waals surface area contributed by atoms with Crippen molar-refractivity contribution >= 4 is 17.6 Å². The smallest absolute Gasteiger partial charge is 0.307 e. The number of rotatable bonds is 3. The molecule has 2 unspecified atom stereocenters. The van der Waals surface area contributed by atoms with Gasteiger partial charge in [0.25, 0.3) is 0 Å². The number of carboxylic acids is 1. The van der Waals surface area contributed by atoms with Crippen LogP contribution in [0.4, 0.5) is 5.69 Å². The summed E-state index contributed by atoms with van der Waals surface area (Å²) in [6, 6.07) is 7.27. The Morgan fingerprint density at radius 3 is 2.82 bits per heavy atom. The standard InChI is InChI=1S/C13H13NO3/c15-12(16)6-8-3-1-2-4-11(8)14-7-9-5-10(9)13(14)17/h1-4,9-10H,5-7H2,(H,15,16). The second kappa shape index (κ2) is 3.58. The summed E-state index contributed by atoms with van der Waals surface area (Å²) in [6.07, 6.45) is 0.978. The summed E-state index contributed by atoms with van der Waals surface area (Å²) in [6.45, 7) is 0.750. The van der Waals surface area contributed by atoms with Gasteiger partial charge in [0.05, 0.1) is 6.42 Å². The fourth-order valence-electron chi connectivity index (χ4n) is 2.58. The maximum absolute atomic E-state index is 12.0. The number of amides is 1. The average molecular weight is 231 g/mol. The number of fused-ring (bicyclic) bond motifs is 1. The highest BCUT2D eigenvalue weighted by molar-refractivity contribution is 6.00. The monoisotopic (exact) mass is 231 g/mol. The first-order chi connectivity index (χ1) is 8.16. The van der Waals surface area contributed by atoms with E-state index < -0.39 is 5.97 Å². The van der Waals surface area contributed by atoms with Gasteiger partial charge in [0.15, 0.2) is 0 Å². The van der Waals surface area contributed by atoms with E-state index in [9.17, 15) is 9.59 Å². The maximum Gasteiger partial charge on any atom is 0.307 e. The van der Waals surface area contributed by atoms with E-state index in [1.807, 2.05) is 18.2 Å². The molecule has 0 radical (unpaired) electrons. The Hall–Kier alpha value is -1.84. The minimum Gasteiger partial charge on any atom is -0.481 e. The number of carboxylic acid groups (broad SMARTS) is 1. The van der Waals surface area contributed by atoms with Gasteiger partial charge in [-0.05, 0) is 24.0 Å². The topological polar surface area (TPSA) is 57.6 Å². The number of aliphatic carboxylic acids is 1. The molecule has 2 atom stereocenters. The number of anilines is 1. The van der Waals surface area contributed by atoms with Crippen LogP contribution in [0.15, 0.2) is 24.3 Å². The molecule has 1 N–H and O–H groups in total. The third kappa shape index (κ3) is 1.69. The highest BCUT2D eigenvalue weighted by Crippen LogP contribution is 2.47. The van der Waals surface area contributed by atoms with Crippen LogP contribution in [0, 0.1) is 11.8 Å². The Bertz CT molecular complexity index is 497. The minimum absolute atomic E-state index is 0.0325. The number of carbonyl (C=O) groups excluding carboxylic acids is 1. The predicted octanol–water partition coefficient (Wildman–Crippen LogP) is 1.30. The van der Waals surface area contributed by atoms with E-state index in [2.05, 4.69) is 0 Å². The fourth-order valence-corrected chi connectivity index (χ4v) is 2.58. The quantitative estimate of drug-likeness (QED) is 0.853. The number of carbonyl (C=O) groups is 2. The first-order valence-electron chi connectivity index (χ1n) is 5.78. The van der Waals surface area contributed by atoms with Crippen molar-refractivity contribution in [2.24, 2.45) is 11.8 Å². The van der Waals surface area contributed by atoms with Gasteiger partial charge in [-0.2, -0.15) is 0 Å². The van der Waals surface area contributed by atoms with E-state index in [1.165, 1.54) is 0 Å². The van der Waals surface area contributed by atoms with E-state index in [0.717, 1.165) is 24.2 Å². The van der Waals surface area contributed by atoms with Crippen LogP contribution in [-0.2, 0) is 16.0 Å². The first kappa shape index (κ1) is 10.3. The molecular formula is C13H13NO3. The van der Waals surface area contributed by atoms with E-state index in [-0.39, 0.29) is 18.2 Å². The van der Waals surface area contributed by atoms with Crippen molar-refractivity contribution in [1.82, 2.24) is 0 Å². The van der Waals surface area contributed by atoms with E-state index in [4.69, 9.17) is 5.11 Å². The first-order valence-corrected chi connectivity index (χ1v) is 5.78. The lowest BCUT2D eigenvalue weighted by Gasteiger charge is -2.21. The van der Waals surface area contributed by atoms with Crippen LogP contribution >= 0.6 is 0 Å². The molecule has 4 nitrogen and oxygen atoms in total. The fraction of sp³-hybridized carbons (Fsp3) is 0.385. The largest absolute Gasteiger partial charge is 0.481 e. The van der Waals surface area contributed by atoms with E-state index >= 15 is 0 Å². The molecule has 1 saturated carbocycles. The van der Waals surface area contributed by atoms with Crippen molar-refractivity contribution in [3.63, 3.8) is 0 Å². The molecule has 0 aromatic heterocycles. The van der Waals surface area contributed by atoms with E-state index in [1.54, 1.807) is 11.0 Å². The zero-order valence-corrected chi connectivity index (χ0v) is 9.30. The van der Waals surface area contributed by atoms with Crippen molar-refractivity contribution in [2.75, 3.05) is 11.4 Å². The van der Waals surface area contributed by atoms with Crippen molar-refractivity contribution in [3.05, 3.63) is 29.8 Å². The number of para-hydroxylation sites is 1.